The van der Waals surface area contributed by atoms with Gasteiger partial charge in [-0.2, -0.15) is 13.2 Å². The van der Waals surface area contributed by atoms with Crippen LogP contribution in [0, 0.1) is 10.8 Å². The minimum absolute atomic E-state index is 0.00769. The number of alkyl halides is 3. The van der Waals surface area contributed by atoms with Crippen LogP contribution in [0.15, 0.2) is 52.3 Å². The average Bonchev–Trinajstić information content (AvgIpc) is 2.71. The Morgan fingerprint density at radius 3 is 2.31 bits per heavy atom. The van der Waals surface area contributed by atoms with E-state index < -0.39 is 28.8 Å². The number of hydrogen-bond acceptors (Lipinski definition) is 6. The van der Waals surface area contributed by atoms with Crippen molar-refractivity contribution >= 4 is 23.6 Å². The molecule has 10 heteroatoms. The van der Waals surface area contributed by atoms with Gasteiger partial charge < -0.3 is 21.8 Å². The Labute approximate surface area is 184 Å². The summed E-state index contributed by atoms with van der Waals surface area (Å²) in [6, 6.07) is 4.67. The third kappa shape index (κ3) is 5.43. The van der Waals surface area contributed by atoms with Gasteiger partial charge in [-0.05, 0) is 17.7 Å². The molecule has 1 aromatic rings. The number of nitrogens with zero attached hydrogens (tertiary/aromatic N) is 2. The van der Waals surface area contributed by atoms with Crippen molar-refractivity contribution in [2.45, 2.75) is 33.5 Å². The van der Waals surface area contributed by atoms with Crippen LogP contribution < -0.4 is 11.5 Å². The van der Waals surface area contributed by atoms with E-state index >= 15 is 0 Å². The number of rotatable bonds is 5. The van der Waals surface area contributed by atoms with Crippen LogP contribution in [-0.2, 0) is 22.3 Å². The largest absolute Gasteiger partial charge is 0.416 e. The van der Waals surface area contributed by atoms with E-state index in [-0.39, 0.29) is 30.9 Å². The number of Topliss-reactive ketones (excluding diaryl/α,β-unsaturated/α-hetero) is 1. The molecule has 1 aromatic carbocycles. The zero-order valence-electron chi connectivity index (χ0n) is 18.1. The molecule has 0 spiro atoms. The number of nitrogens with one attached hydrogen (secondary N) is 1. The van der Waals surface area contributed by atoms with Crippen LogP contribution in [0.5, 0.6) is 0 Å². The van der Waals surface area contributed by atoms with Gasteiger partial charge in [0.25, 0.3) is 5.91 Å². The number of piperidine rings is 1. The fourth-order valence-corrected chi connectivity index (χ4v) is 3.49. The molecule has 1 aliphatic rings. The van der Waals surface area contributed by atoms with Gasteiger partial charge in [0.15, 0.2) is 5.78 Å². The number of ketones is 1. The van der Waals surface area contributed by atoms with Crippen LogP contribution in [0.4, 0.5) is 13.2 Å². The predicted molar refractivity (Wildman–Crippen MR) is 116 cm³/mol. The van der Waals surface area contributed by atoms with E-state index in [1.54, 1.807) is 0 Å². The average molecular weight is 449 g/mol. The summed E-state index contributed by atoms with van der Waals surface area (Å²) in [4.78, 5) is 30.8. The molecule has 172 valence electrons. The highest BCUT2D eigenvalue weighted by atomic mass is 19.4. The van der Waals surface area contributed by atoms with E-state index in [0.717, 1.165) is 24.5 Å². The van der Waals surface area contributed by atoms with Crippen molar-refractivity contribution in [2.24, 2.45) is 21.9 Å². The number of allylic oxidation sites excluding steroid dienone is 1. The van der Waals surface area contributed by atoms with Crippen LogP contribution in [0.1, 0.15) is 31.9 Å². The molecule has 1 amide bonds. The molecule has 1 heterocycles. The Morgan fingerprint density at radius 1 is 1.25 bits per heavy atom. The number of aliphatic imine (C=N–C) groups is 1. The molecule has 0 radical (unpaired) electrons. The molecule has 0 bridgehead atoms. The van der Waals surface area contributed by atoms with E-state index in [1.165, 1.54) is 24.0 Å². The van der Waals surface area contributed by atoms with Crippen molar-refractivity contribution < 1.29 is 22.8 Å². The van der Waals surface area contributed by atoms with E-state index in [1.807, 2.05) is 13.8 Å². The van der Waals surface area contributed by atoms with E-state index in [0.29, 0.717) is 16.8 Å². The Hall–Kier alpha value is -3.43. The summed E-state index contributed by atoms with van der Waals surface area (Å²) in [7, 11) is 0. The summed E-state index contributed by atoms with van der Waals surface area (Å²) in [5, 5.41) is 7.36. The number of amides is 1. The molecular weight excluding hydrogens is 423 g/mol. The minimum Gasteiger partial charge on any atom is -0.404 e. The second-order valence-corrected chi connectivity index (χ2v) is 8.12. The predicted octanol–water partition coefficient (Wildman–Crippen LogP) is 2.81. The lowest BCUT2D eigenvalue weighted by molar-refractivity contribution is -0.137. The van der Waals surface area contributed by atoms with Gasteiger partial charge in [-0.1, -0.05) is 26.0 Å². The maximum absolute atomic E-state index is 12.8. The zero-order valence-corrected chi connectivity index (χ0v) is 18.1. The maximum Gasteiger partial charge on any atom is 0.416 e. The molecule has 32 heavy (non-hydrogen) atoms. The summed E-state index contributed by atoms with van der Waals surface area (Å²) in [5.74, 6) is -0.875. The topological polar surface area (TPSA) is 126 Å². The SMILES string of the molecule is CC(=O)/C(N)=C1\CN(C(=O)/C(C=N)=C/N)CC(C)(C)C1=NCc1ccc(C(F)(F)F)cc1. The first-order chi connectivity index (χ1) is 14.8. The van der Waals surface area contributed by atoms with Crippen molar-refractivity contribution in [3.05, 3.63) is 58.4 Å². The van der Waals surface area contributed by atoms with Crippen LogP contribution in [0.3, 0.4) is 0 Å². The van der Waals surface area contributed by atoms with Gasteiger partial charge in [0.05, 0.1) is 23.4 Å². The van der Waals surface area contributed by atoms with Gasteiger partial charge in [-0.3, -0.25) is 14.6 Å². The zero-order chi connectivity index (χ0) is 24.3. The number of carbonyl (C=O) groups is 2. The number of hydrogen-bond donors (Lipinski definition) is 3. The van der Waals surface area contributed by atoms with Crippen molar-refractivity contribution in [2.75, 3.05) is 13.1 Å². The molecule has 1 fully saturated rings. The van der Waals surface area contributed by atoms with Gasteiger partial charge in [0, 0.05) is 49.1 Å². The van der Waals surface area contributed by atoms with Gasteiger partial charge in [0.1, 0.15) is 0 Å². The molecular formula is C22H26F3N5O2. The number of likely N-dealkylation sites (tertiary alicyclic amines) is 1. The molecule has 1 saturated heterocycles. The lowest BCUT2D eigenvalue weighted by Crippen LogP contribution is -2.51. The Bertz CT molecular complexity index is 1010. The summed E-state index contributed by atoms with van der Waals surface area (Å²) >= 11 is 0. The minimum atomic E-state index is -4.43. The fraction of sp³-hybridized carbons (Fsp3) is 0.364. The number of nitrogens with two attached hydrogens (primary N) is 2. The smallest absolute Gasteiger partial charge is 0.404 e. The van der Waals surface area contributed by atoms with Gasteiger partial charge in [0.2, 0.25) is 0 Å². The van der Waals surface area contributed by atoms with Gasteiger partial charge in [-0.25, -0.2) is 0 Å². The monoisotopic (exact) mass is 449 g/mol. The first-order valence-electron chi connectivity index (χ1n) is 9.74. The second kappa shape index (κ2) is 9.37. The molecule has 7 nitrogen and oxygen atoms in total. The summed E-state index contributed by atoms with van der Waals surface area (Å²) < 4.78 is 38.4. The molecule has 0 saturated carbocycles. The van der Waals surface area contributed by atoms with E-state index in [2.05, 4.69) is 4.99 Å². The molecule has 0 unspecified atom stereocenters. The third-order valence-corrected chi connectivity index (χ3v) is 5.14. The highest BCUT2D eigenvalue weighted by Gasteiger charge is 2.39. The second-order valence-electron chi connectivity index (χ2n) is 8.12. The van der Waals surface area contributed by atoms with Crippen LogP contribution in [0.25, 0.3) is 0 Å². The van der Waals surface area contributed by atoms with Gasteiger partial charge in [-0.15, -0.1) is 0 Å². The number of benzene rings is 1. The third-order valence-electron chi connectivity index (χ3n) is 5.14. The van der Waals surface area contributed by atoms with Gasteiger partial charge >= 0.3 is 6.18 Å². The molecule has 2 rings (SSSR count). The Morgan fingerprint density at radius 2 is 1.84 bits per heavy atom. The standard InChI is InChI=1S/C22H26F3N5O2/c1-13(31)18(28)17-11-30(20(32)15(8-26)9-27)12-21(2,3)19(17)29-10-14-4-6-16(7-5-14)22(23,24)25/h4-9,26H,10-12,27-28H2,1-3H3/b15-9+,18-17-,26-8?,29-19?. The number of halogens is 3. The normalized spacial score (nSPS) is 19.6. The first-order valence-corrected chi connectivity index (χ1v) is 9.74. The molecule has 0 aromatic heterocycles. The van der Waals surface area contributed by atoms with Crippen molar-refractivity contribution in [3.63, 3.8) is 0 Å². The molecule has 1 aliphatic heterocycles. The quantitative estimate of drug-likeness (QED) is 0.472. The van der Waals surface area contributed by atoms with Crippen molar-refractivity contribution in [1.29, 1.82) is 5.41 Å². The first kappa shape index (κ1) is 24.8. The molecule has 0 atom stereocenters. The Kier molecular flexibility index (Phi) is 7.27. The highest BCUT2D eigenvalue weighted by molar-refractivity contribution is 6.15. The van der Waals surface area contributed by atoms with Crippen molar-refractivity contribution in [3.8, 4) is 0 Å². The maximum atomic E-state index is 12.8. The fourth-order valence-electron chi connectivity index (χ4n) is 3.49. The summed E-state index contributed by atoms with van der Waals surface area (Å²) in [6.07, 6.45) is -2.54. The molecule has 5 N–H and O–H groups in total. The summed E-state index contributed by atoms with van der Waals surface area (Å²) in [6.45, 7) is 5.23. The van der Waals surface area contributed by atoms with Crippen LogP contribution in [-0.4, -0.2) is 41.6 Å². The lowest BCUT2D eigenvalue weighted by atomic mass is 9.78. The van der Waals surface area contributed by atoms with Crippen molar-refractivity contribution in [1.82, 2.24) is 4.90 Å². The van der Waals surface area contributed by atoms with E-state index in [4.69, 9.17) is 16.9 Å². The molecule has 0 aliphatic carbocycles. The highest BCUT2D eigenvalue weighted by Crippen LogP contribution is 2.33. The Balaban J connectivity index is 2.44. The summed E-state index contributed by atoms with van der Waals surface area (Å²) in [5.41, 5.74) is 11.4. The van der Waals surface area contributed by atoms with Crippen LogP contribution in [0.2, 0.25) is 0 Å². The van der Waals surface area contributed by atoms with Crippen LogP contribution >= 0.6 is 0 Å². The van der Waals surface area contributed by atoms with E-state index in [9.17, 15) is 22.8 Å². The number of carbonyl (C=O) groups excluding carboxylic acids is 2. The lowest BCUT2D eigenvalue weighted by Gasteiger charge is -2.41.